The molecule has 0 unspecified atom stereocenters. The van der Waals surface area contributed by atoms with Gasteiger partial charge in [-0.2, -0.15) is 0 Å². The molecule has 14 aromatic rings. The number of para-hydroxylation sites is 2. The fraction of sp³-hybridized carbons (Fsp3) is 0. The Bertz CT molecular complexity index is 4160. The van der Waals surface area contributed by atoms with Gasteiger partial charge in [-0.15, -0.1) is 11.3 Å². The first-order chi connectivity index (χ1) is 32.8. The zero-order chi connectivity index (χ0) is 43.3. The maximum Gasteiger partial charge on any atom is 0.0541 e. The lowest BCUT2D eigenvalue weighted by Gasteiger charge is -2.19. The van der Waals surface area contributed by atoms with Gasteiger partial charge >= 0.3 is 0 Å². The molecule has 0 aliphatic heterocycles. The second-order valence-electron chi connectivity index (χ2n) is 17.4. The van der Waals surface area contributed by atoms with E-state index in [1.165, 1.54) is 135 Å². The summed E-state index contributed by atoms with van der Waals surface area (Å²) in [6, 6.07) is 87.6. The molecule has 0 aliphatic rings. The van der Waals surface area contributed by atoms with Crippen molar-refractivity contribution in [1.29, 1.82) is 0 Å². The molecule has 14 rings (SSSR count). The van der Waals surface area contributed by atoms with Crippen molar-refractivity contribution < 1.29 is 0 Å². The van der Waals surface area contributed by atoms with Gasteiger partial charge in [0.1, 0.15) is 0 Å². The molecule has 0 aliphatic carbocycles. The van der Waals surface area contributed by atoms with Crippen molar-refractivity contribution in [1.82, 2.24) is 4.57 Å². The molecule has 0 amide bonds. The van der Waals surface area contributed by atoms with Gasteiger partial charge in [0.2, 0.25) is 0 Å². The van der Waals surface area contributed by atoms with Crippen LogP contribution in [-0.2, 0) is 0 Å². The molecule has 0 N–H and O–H groups in total. The molecule has 0 bridgehead atoms. The third kappa shape index (κ3) is 5.40. The maximum absolute atomic E-state index is 2.43. The van der Waals surface area contributed by atoms with E-state index in [9.17, 15) is 0 Å². The highest BCUT2D eigenvalue weighted by Crippen LogP contribution is 2.52. The summed E-state index contributed by atoms with van der Waals surface area (Å²) in [5.41, 5.74) is 13.7. The Morgan fingerprint density at radius 3 is 1.32 bits per heavy atom. The number of fused-ring (bicyclic) bond motifs is 10. The summed E-state index contributed by atoms with van der Waals surface area (Å²) in [7, 11) is 0. The summed E-state index contributed by atoms with van der Waals surface area (Å²) in [5, 5.41) is 15.2. The molecule has 0 saturated heterocycles. The summed E-state index contributed by atoms with van der Waals surface area (Å²) in [6.07, 6.45) is 0. The van der Waals surface area contributed by atoms with E-state index in [-0.39, 0.29) is 0 Å². The highest BCUT2D eigenvalue weighted by atomic mass is 32.1. The van der Waals surface area contributed by atoms with Crippen molar-refractivity contribution in [2.45, 2.75) is 0 Å². The van der Waals surface area contributed by atoms with Crippen molar-refractivity contribution in [3.8, 4) is 50.2 Å². The van der Waals surface area contributed by atoms with Crippen molar-refractivity contribution in [3.63, 3.8) is 0 Å². The van der Waals surface area contributed by atoms with Gasteiger partial charge in [-0.1, -0.05) is 200 Å². The lowest BCUT2D eigenvalue weighted by molar-refractivity contribution is 1.18. The van der Waals surface area contributed by atoms with E-state index in [1.807, 2.05) is 11.3 Å². The minimum absolute atomic E-state index is 1.17. The maximum atomic E-state index is 2.43. The molecule has 2 heterocycles. The van der Waals surface area contributed by atoms with Crippen LogP contribution in [0.25, 0.3) is 135 Å². The van der Waals surface area contributed by atoms with Gasteiger partial charge in [0, 0.05) is 42.2 Å². The van der Waals surface area contributed by atoms with Gasteiger partial charge in [0.05, 0.1) is 11.0 Å². The van der Waals surface area contributed by atoms with Crippen LogP contribution in [-0.4, -0.2) is 4.57 Å². The molecule has 12 aromatic carbocycles. The van der Waals surface area contributed by atoms with E-state index in [2.05, 4.69) is 241 Å². The van der Waals surface area contributed by atoms with Crippen LogP contribution in [0, 0.1) is 0 Å². The lowest BCUT2D eigenvalue weighted by Crippen LogP contribution is -1.93. The molecular formula is C64H39NS. The number of hydrogen-bond donors (Lipinski definition) is 0. The molecule has 306 valence electrons. The Morgan fingerprint density at radius 2 is 0.712 bits per heavy atom. The Balaban J connectivity index is 1.02. The molecule has 2 heteroatoms. The predicted octanol–water partition coefficient (Wildman–Crippen LogP) is 18.4. The standard InChI is InChI=1S/C64H39NS/c1-3-19-40(20-4-1)59-44-24-7-13-30-50(44)62(51-31-14-8-25-45(51)59)53-33-17-34-54-63-52(32-18-36-58(63)66-64(53)54)61-48-28-11-9-26-46(48)60(47-27-10-12-29-49(47)61)41-37-38-57-55(39-41)43-23-15-16-35-56(43)65(57)42-21-5-2-6-22-42/h1-39H. The van der Waals surface area contributed by atoms with Gasteiger partial charge in [-0.3, -0.25) is 0 Å². The molecule has 0 spiro atoms. The fourth-order valence-electron chi connectivity index (χ4n) is 11.3. The fourth-order valence-corrected chi connectivity index (χ4v) is 12.5. The Labute approximate surface area is 385 Å². The van der Waals surface area contributed by atoms with E-state index >= 15 is 0 Å². The lowest BCUT2D eigenvalue weighted by atomic mass is 9.84. The molecule has 66 heavy (non-hydrogen) atoms. The highest BCUT2D eigenvalue weighted by Gasteiger charge is 2.23. The van der Waals surface area contributed by atoms with Gasteiger partial charge in [0.15, 0.2) is 0 Å². The number of aromatic nitrogens is 1. The first-order valence-corrected chi connectivity index (χ1v) is 23.6. The molecule has 2 aromatic heterocycles. The summed E-state index contributed by atoms with van der Waals surface area (Å²) < 4.78 is 5.01. The van der Waals surface area contributed by atoms with Crippen molar-refractivity contribution in [3.05, 3.63) is 237 Å². The molecule has 0 saturated carbocycles. The summed E-state index contributed by atoms with van der Waals surface area (Å²) in [4.78, 5) is 0. The van der Waals surface area contributed by atoms with Crippen molar-refractivity contribution in [2.75, 3.05) is 0 Å². The van der Waals surface area contributed by atoms with Crippen LogP contribution in [0.15, 0.2) is 237 Å². The van der Waals surface area contributed by atoms with Gasteiger partial charge in [-0.25, -0.2) is 0 Å². The Hall–Kier alpha value is -8.30. The third-order valence-electron chi connectivity index (χ3n) is 14.0. The van der Waals surface area contributed by atoms with Crippen LogP contribution in [0.1, 0.15) is 0 Å². The largest absolute Gasteiger partial charge is 0.309 e. The third-order valence-corrected chi connectivity index (χ3v) is 15.2. The summed E-state index contributed by atoms with van der Waals surface area (Å²) in [6.45, 7) is 0. The topological polar surface area (TPSA) is 4.93 Å². The zero-order valence-corrected chi connectivity index (χ0v) is 36.7. The summed E-state index contributed by atoms with van der Waals surface area (Å²) >= 11 is 1.92. The average Bonchev–Trinajstić information content (AvgIpc) is 3.94. The number of rotatable bonds is 5. The minimum atomic E-state index is 1.17. The van der Waals surface area contributed by atoms with Crippen LogP contribution < -0.4 is 0 Å². The SMILES string of the molecule is c1ccc(-c2c3ccccc3c(-c3cccc4c3sc3cccc(-c5c6ccccc6c(-c6ccc7c(c6)c6ccccc6n7-c6ccccc6)c6ccccc56)c34)c3ccccc23)cc1. The number of hydrogen-bond acceptors (Lipinski definition) is 1. The predicted molar refractivity (Wildman–Crippen MR) is 285 cm³/mol. The summed E-state index contributed by atoms with van der Waals surface area (Å²) in [5.74, 6) is 0. The zero-order valence-electron chi connectivity index (χ0n) is 35.9. The Morgan fingerprint density at radius 1 is 0.273 bits per heavy atom. The van der Waals surface area contributed by atoms with Crippen LogP contribution in [0.5, 0.6) is 0 Å². The monoisotopic (exact) mass is 853 g/mol. The van der Waals surface area contributed by atoms with Gasteiger partial charge in [-0.05, 0) is 118 Å². The number of nitrogens with zero attached hydrogens (tertiary/aromatic N) is 1. The molecular weight excluding hydrogens is 815 g/mol. The highest BCUT2D eigenvalue weighted by molar-refractivity contribution is 7.26. The van der Waals surface area contributed by atoms with Crippen molar-refractivity contribution >= 4 is 96.4 Å². The van der Waals surface area contributed by atoms with Crippen LogP contribution in [0.4, 0.5) is 0 Å². The first-order valence-electron chi connectivity index (χ1n) is 22.8. The van der Waals surface area contributed by atoms with Crippen LogP contribution in [0.2, 0.25) is 0 Å². The van der Waals surface area contributed by atoms with Crippen LogP contribution in [0.3, 0.4) is 0 Å². The van der Waals surface area contributed by atoms with Gasteiger partial charge < -0.3 is 4.57 Å². The van der Waals surface area contributed by atoms with E-state index in [1.54, 1.807) is 0 Å². The van der Waals surface area contributed by atoms with Crippen molar-refractivity contribution in [2.24, 2.45) is 0 Å². The van der Waals surface area contributed by atoms with E-state index < -0.39 is 0 Å². The average molecular weight is 854 g/mol. The number of benzene rings is 12. The first kappa shape index (κ1) is 37.1. The normalized spacial score (nSPS) is 11.9. The van der Waals surface area contributed by atoms with E-state index in [4.69, 9.17) is 0 Å². The molecule has 0 atom stereocenters. The molecule has 0 radical (unpaired) electrons. The second-order valence-corrected chi connectivity index (χ2v) is 18.5. The van der Waals surface area contributed by atoms with E-state index in [0.29, 0.717) is 0 Å². The van der Waals surface area contributed by atoms with Crippen LogP contribution >= 0.6 is 11.3 Å². The quantitative estimate of drug-likeness (QED) is 0.152. The minimum Gasteiger partial charge on any atom is -0.309 e. The van der Waals surface area contributed by atoms with E-state index in [0.717, 1.165) is 0 Å². The molecule has 0 fully saturated rings. The molecule has 1 nitrogen and oxygen atoms in total. The van der Waals surface area contributed by atoms with Gasteiger partial charge in [0.25, 0.3) is 0 Å². The smallest absolute Gasteiger partial charge is 0.0541 e. The Kier molecular flexibility index (Phi) is 8.22. The number of thiophene rings is 1. The second kappa shape index (κ2) is 14.6.